The third-order valence-electron chi connectivity index (χ3n) is 2.70. The largest absolute Gasteiger partial charge is 0.499 e. The lowest BCUT2D eigenvalue weighted by atomic mass is 9.89. The van der Waals surface area contributed by atoms with Crippen LogP contribution < -0.4 is 0 Å². The fraction of sp³-hybridized carbons (Fsp3) is 0.467. The summed E-state index contributed by atoms with van der Waals surface area (Å²) in [4.78, 5) is 9.96. The molecule has 2 rings (SSSR count). The molecular formula is C15H20N2OS2. The van der Waals surface area contributed by atoms with Crippen molar-refractivity contribution in [3.63, 3.8) is 0 Å². The van der Waals surface area contributed by atoms with Crippen LogP contribution >= 0.6 is 23.1 Å². The smallest absolute Gasteiger partial charge is 0.192 e. The van der Waals surface area contributed by atoms with Gasteiger partial charge in [-0.05, 0) is 43.5 Å². The minimum atomic E-state index is 0.136. The first kappa shape index (κ1) is 15.3. The molecule has 0 unspecified atom stereocenters. The van der Waals surface area contributed by atoms with Crippen LogP contribution in [0.3, 0.4) is 0 Å². The summed E-state index contributed by atoms with van der Waals surface area (Å²) in [5, 5.41) is 13.2. The average molecular weight is 308 g/mol. The Kier molecular flexibility index (Phi) is 4.39. The summed E-state index contributed by atoms with van der Waals surface area (Å²) < 4.78 is 0. The third kappa shape index (κ3) is 3.96. The highest BCUT2D eigenvalue weighted by Crippen LogP contribution is 2.41. The molecule has 0 fully saturated rings. The molecule has 3 nitrogen and oxygen atoms in total. The first-order valence-electron chi connectivity index (χ1n) is 6.54. The van der Waals surface area contributed by atoms with Gasteiger partial charge in [-0.2, -0.15) is 0 Å². The van der Waals surface area contributed by atoms with Gasteiger partial charge in [0.1, 0.15) is 0 Å². The molecule has 20 heavy (non-hydrogen) atoms. The molecule has 5 heteroatoms. The molecule has 0 aliphatic carbocycles. The Hall–Kier alpha value is -1.07. The fourth-order valence-electron chi connectivity index (χ4n) is 1.97. The predicted octanol–water partition coefficient (Wildman–Crippen LogP) is 4.60. The highest BCUT2D eigenvalue weighted by Gasteiger charge is 2.20. The molecule has 108 valence electrons. The van der Waals surface area contributed by atoms with Crippen molar-refractivity contribution in [1.82, 2.24) is 9.97 Å². The van der Waals surface area contributed by atoms with Crippen LogP contribution in [-0.4, -0.2) is 15.1 Å². The van der Waals surface area contributed by atoms with E-state index in [1.807, 2.05) is 25.3 Å². The molecule has 0 amide bonds. The third-order valence-corrected chi connectivity index (χ3v) is 4.63. The fourth-order valence-corrected chi connectivity index (χ4v) is 3.93. The van der Waals surface area contributed by atoms with Crippen molar-refractivity contribution < 1.29 is 5.11 Å². The summed E-state index contributed by atoms with van der Waals surface area (Å²) in [6.45, 7) is 10.5. The lowest BCUT2D eigenvalue weighted by Gasteiger charge is -2.18. The van der Waals surface area contributed by atoms with Crippen molar-refractivity contribution in [3.05, 3.63) is 28.4 Å². The number of aryl methyl sites for hydroxylation is 2. The minimum Gasteiger partial charge on any atom is -0.499 e. The van der Waals surface area contributed by atoms with Gasteiger partial charge in [-0.25, -0.2) is 9.97 Å². The maximum absolute atomic E-state index is 10.0. The van der Waals surface area contributed by atoms with E-state index in [9.17, 15) is 5.11 Å². The number of hydrogen-bond acceptors (Lipinski definition) is 5. The molecule has 0 spiro atoms. The minimum absolute atomic E-state index is 0.136. The van der Waals surface area contributed by atoms with Crippen molar-refractivity contribution in [3.8, 4) is 5.06 Å². The molecule has 0 radical (unpaired) electrons. The van der Waals surface area contributed by atoms with Crippen molar-refractivity contribution in [1.29, 1.82) is 0 Å². The van der Waals surface area contributed by atoms with Gasteiger partial charge in [-0.3, -0.25) is 0 Å². The predicted molar refractivity (Wildman–Crippen MR) is 84.8 cm³/mol. The van der Waals surface area contributed by atoms with Crippen molar-refractivity contribution >= 4 is 23.1 Å². The van der Waals surface area contributed by atoms with Crippen LogP contribution in [0.15, 0.2) is 21.5 Å². The molecule has 0 aliphatic rings. The van der Waals surface area contributed by atoms with Gasteiger partial charge < -0.3 is 5.11 Å². The van der Waals surface area contributed by atoms with Crippen LogP contribution in [0.2, 0.25) is 0 Å². The number of thiophene rings is 1. The number of rotatable bonds is 3. The molecule has 0 aromatic carbocycles. The standard InChI is InChI=1S/C15H20N2OS2/c1-9-6-10(2)17-14(16-9)20-12-8-19-13(18)11(12)7-15(3,4)5/h6,8,18H,7H2,1-5H3. The van der Waals surface area contributed by atoms with Crippen LogP contribution in [0.1, 0.15) is 37.7 Å². The summed E-state index contributed by atoms with van der Waals surface area (Å²) in [5.74, 6) is 0. The van der Waals surface area contributed by atoms with Gasteiger partial charge in [-0.15, -0.1) is 11.3 Å². The van der Waals surface area contributed by atoms with Gasteiger partial charge in [0.2, 0.25) is 0 Å². The Balaban J connectivity index is 2.30. The lowest BCUT2D eigenvalue weighted by molar-refractivity contribution is 0.395. The van der Waals surface area contributed by atoms with E-state index in [0.717, 1.165) is 33.4 Å². The number of aromatic hydroxyl groups is 1. The van der Waals surface area contributed by atoms with Crippen LogP contribution in [0.4, 0.5) is 0 Å². The van der Waals surface area contributed by atoms with Crippen molar-refractivity contribution in [2.45, 2.75) is 51.1 Å². The van der Waals surface area contributed by atoms with Crippen LogP contribution in [0.5, 0.6) is 5.06 Å². The number of nitrogens with zero attached hydrogens (tertiary/aromatic N) is 2. The van der Waals surface area contributed by atoms with Crippen LogP contribution in [0, 0.1) is 19.3 Å². The maximum Gasteiger partial charge on any atom is 0.192 e. The molecule has 2 aromatic heterocycles. The highest BCUT2D eigenvalue weighted by molar-refractivity contribution is 7.99. The SMILES string of the molecule is Cc1cc(C)nc(Sc2csc(O)c2CC(C)(C)C)n1. The number of aromatic nitrogens is 2. The quantitative estimate of drug-likeness (QED) is 0.842. The summed E-state index contributed by atoms with van der Waals surface area (Å²) in [5.41, 5.74) is 3.08. The Morgan fingerprint density at radius 2 is 1.80 bits per heavy atom. The van der Waals surface area contributed by atoms with Gasteiger partial charge in [0.25, 0.3) is 0 Å². The zero-order valence-electron chi connectivity index (χ0n) is 12.5. The van der Waals surface area contributed by atoms with Gasteiger partial charge in [0, 0.05) is 27.2 Å². The highest BCUT2D eigenvalue weighted by atomic mass is 32.2. The molecule has 0 bridgehead atoms. The van der Waals surface area contributed by atoms with E-state index in [2.05, 4.69) is 30.7 Å². The van der Waals surface area contributed by atoms with E-state index in [1.165, 1.54) is 23.1 Å². The molecule has 0 atom stereocenters. The summed E-state index contributed by atoms with van der Waals surface area (Å²) in [6.07, 6.45) is 0.843. The normalized spacial score (nSPS) is 11.8. The second-order valence-electron chi connectivity index (χ2n) is 6.16. The van der Waals surface area contributed by atoms with E-state index < -0.39 is 0 Å². The zero-order chi connectivity index (χ0) is 14.9. The van der Waals surface area contributed by atoms with Gasteiger partial charge in [0.15, 0.2) is 10.2 Å². The van der Waals surface area contributed by atoms with Gasteiger partial charge >= 0.3 is 0 Å². The molecule has 0 saturated heterocycles. The monoisotopic (exact) mass is 308 g/mol. The Bertz CT molecular complexity index is 595. The van der Waals surface area contributed by atoms with Gasteiger partial charge in [-0.1, -0.05) is 20.8 Å². The number of hydrogen-bond donors (Lipinski definition) is 1. The molecule has 2 aromatic rings. The first-order chi connectivity index (χ1) is 9.24. The molecule has 0 saturated carbocycles. The second kappa shape index (κ2) is 5.74. The van der Waals surface area contributed by atoms with Crippen molar-refractivity contribution in [2.24, 2.45) is 5.41 Å². The zero-order valence-corrected chi connectivity index (χ0v) is 14.2. The molecular weight excluding hydrogens is 288 g/mol. The molecule has 0 aliphatic heterocycles. The van der Waals surface area contributed by atoms with E-state index in [4.69, 9.17) is 0 Å². The first-order valence-corrected chi connectivity index (χ1v) is 8.24. The van der Waals surface area contributed by atoms with Gasteiger partial charge in [0.05, 0.1) is 0 Å². The molecule has 1 N–H and O–H groups in total. The van der Waals surface area contributed by atoms with E-state index in [0.29, 0.717) is 5.06 Å². The second-order valence-corrected chi connectivity index (χ2v) is 8.02. The topological polar surface area (TPSA) is 46.0 Å². The Morgan fingerprint density at radius 1 is 1.20 bits per heavy atom. The van der Waals surface area contributed by atoms with Crippen LogP contribution in [0.25, 0.3) is 0 Å². The lowest BCUT2D eigenvalue weighted by Crippen LogP contribution is -2.09. The molecule has 2 heterocycles. The van der Waals surface area contributed by atoms with E-state index in [1.54, 1.807) is 0 Å². The van der Waals surface area contributed by atoms with E-state index >= 15 is 0 Å². The average Bonchev–Trinajstić information content (AvgIpc) is 2.58. The Labute approximate surface area is 128 Å². The van der Waals surface area contributed by atoms with Crippen molar-refractivity contribution in [2.75, 3.05) is 0 Å². The maximum atomic E-state index is 10.0. The van der Waals surface area contributed by atoms with E-state index in [-0.39, 0.29) is 5.41 Å². The Morgan fingerprint density at radius 3 is 2.35 bits per heavy atom. The summed E-state index contributed by atoms with van der Waals surface area (Å²) >= 11 is 2.91. The summed E-state index contributed by atoms with van der Waals surface area (Å²) in [7, 11) is 0. The summed E-state index contributed by atoms with van der Waals surface area (Å²) in [6, 6.07) is 1.96. The van der Waals surface area contributed by atoms with Crippen LogP contribution in [-0.2, 0) is 6.42 Å².